The largest absolute Gasteiger partial charge is 0.497 e. The number of hydrogen-bond acceptors (Lipinski definition) is 8. The van der Waals surface area contributed by atoms with Crippen LogP contribution in [0.1, 0.15) is 71.2 Å². The van der Waals surface area contributed by atoms with Crippen LogP contribution in [0.2, 0.25) is 0 Å². The van der Waals surface area contributed by atoms with Crippen molar-refractivity contribution in [3.05, 3.63) is 335 Å². The minimum absolute atomic E-state index is 0.000303. The third-order valence-electron chi connectivity index (χ3n) is 21.3. The minimum Gasteiger partial charge on any atom is -0.497 e. The van der Waals surface area contributed by atoms with E-state index in [0.29, 0.717) is 62.4 Å². The average molecular weight is 1330 g/mol. The van der Waals surface area contributed by atoms with Crippen molar-refractivity contribution in [1.82, 2.24) is 0 Å². The Kier molecular flexibility index (Phi) is 16.4. The molecule has 12 heteroatoms. The van der Waals surface area contributed by atoms with Crippen LogP contribution in [0.25, 0.3) is 33.4 Å². The summed E-state index contributed by atoms with van der Waals surface area (Å²) in [5.74, 6) is -0.892. The van der Waals surface area contributed by atoms with Crippen LogP contribution >= 0.6 is 0 Å². The zero-order valence-corrected chi connectivity index (χ0v) is 55.9. The molecule has 2 unspecified atom stereocenters. The molecule has 8 nitrogen and oxygen atoms in total. The number of methoxy groups -OCH3 is 2. The van der Waals surface area contributed by atoms with Gasteiger partial charge in [0, 0.05) is 46.3 Å². The van der Waals surface area contributed by atoms with Crippen molar-refractivity contribution in [2.75, 3.05) is 63.7 Å². The first kappa shape index (κ1) is 63.8. The Morgan fingerprint density at radius 1 is 0.320 bits per heavy atom. The molecule has 12 aromatic rings. The summed E-state index contributed by atoms with van der Waals surface area (Å²) in [5, 5.41) is 0. The Bertz CT molecular complexity index is 4690. The van der Waals surface area contributed by atoms with Crippen LogP contribution in [0.4, 0.5) is 51.7 Å². The van der Waals surface area contributed by atoms with Crippen molar-refractivity contribution in [2.45, 2.75) is 37.5 Å². The van der Waals surface area contributed by atoms with Gasteiger partial charge in [-0.05, 0) is 212 Å². The zero-order valence-electron chi connectivity index (χ0n) is 55.9. The van der Waals surface area contributed by atoms with Crippen molar-refractivity contribution in [1.29, 1.82) is 0 Å². The normalized spacial score (nSPS) is 17.2. The Morgan fingerprint density at radius 2 is 0.630 bits per heavy atom. The molecule has 4 aliphatic rings. The van der Waals surface area contributed by atoms with Gasteiger partial charge in [0.1, 0.15) is 23.0 Å². The second-order valence-electron chi connectivity index (χ2n) is 26.8. The van der Waals surface area contributed by atoms with Gasteiger partial charge in [0.25, 0.3) is 0 Å². The maximum absolute atomic E-state index is 15.7. The molecule has 498 valence electrons. The van der Waals surface area contributed by atoms with Gasteiger partial charge in [0.05, 0.1) is 75.5 Å². The van der Waals surface area contributed by atoms with Crippen molar-refractivity contribution >= 4 is 34.1 Å². The van der Waals surface area contributed by atoms with Gasteiger partial charge in [-0.2, -0.15) is 0 Å². The number of rotatable bonds is 21. The van der Waals surface area contributed by atoms with E-state index in [9.17, 15) is 0 Å². The molecule has 2 heterocycles. The summed E-state index contributed by atoms with van der Waals surface area (Å²) < 4.78 is 97.2. The molecule has 0 saturated carbocycles. The molecule has 12 aromatic carbocycles. The Morgan fingerprint density at radius 3 is 0.950 bits per heavy atom. The Balaban J connectivity index is 0.772. The lowest BCUT2D eigenvalue weighted by Crippen LogP contribution is -2.46. The molecule has 0 aromatic heterocycles. The van der Waals surface area contributed by atoms with Crippen LogP contribution in [0.5, 0.6) is 23.0 Å². The number of hydrogen-bond donors (Lipinski definition) is 0. The summed E-state index contributed by atoms with van der Waals surface area (Å²) in [6.45, 7) is 8.18. The van der Waals surface area contributed by atoms with Crippen LogP contribution < -0.4 is 28.7 Å². The van der Waals surface area contributed by atoms with Crippen molar-refractivity contribution in [2.24, 2.45) is 10.8 Å². The van der Waals surface area contributed by atoms with Gasteiger partial charge in [-0.15, -0.1) is 0 Å². The standard InChI is InChI=1S/C88H72F4N2O6/c1-5-85(51-97-52-85)55-99-71-39-23-61(24-40-71)87(59-19-35-69(95-3)36-20-59)77-13-9-7-11-73(77)75-43-31-65(47-79(75)87)93(67-33-45-81(89)83(91)49-67)63-27-15-57(16-28-63)58-17-29-64(30-18-58)94(68-34-46-82(90)84(92)50-68)66-32-44-76-74-12-8-10-14-78(74)88(80(76)48-66,60-21-37-70(96-4)38-22-60)62-25-41-72(42-26-62)100-56-86(6-2)53-98-54-86/h7-50H,5-6,51-56H2,1-4H3. The fourth-order valence-electron chi connectivity index (χ4n) is 15.5. The maximum atomic E-state index is 15.7. The summed E-state index contributed by atoms with van der Waals surface area (Å²) in [6, 6.07) is 86.9. The molecule has 0 radical (unpaired) electrons. The van der Waals surface area contributed by atoms with E-state index in [4.69, 9.17) is 28.4 Å². The van der Waals surface area contributed by atoms with E-state index >= 15 is 17.6 Å². The van der Waals surface area contributed by atoms with Crippen LogP contribution in [-0.4, -0.2) is 53.9 Å². The molecule has 0 N–H and O–H groups in total. The first-order valence-electron chi connectivity index (χ1n) is 34.0. The molecule has 0 spiro atoms. The highest BCUT2D eigenvalue weighted by Crippen LogP contribution is 2.60. The van der Waals surface area contributed by atoms with E-state index in [0.717, 1.165) is 137 Å². The van der Waals surface area contributed by atoms with Crippen LogP contribution in [0, 0.1) is 34.1 Å². The minimum atomic E-state index is -0.979. The molecule has 100 heavy (non-hydrogen) atoms. The van der Waals surface area contributed by atoms with Crippen molar-refractivity contribution < 1.29 is 46.0 Å². The topological polar surface area (TPSA) is 61.9 Å². The molecule has 2 atom stereocenters. The smallest absolute Gasteiger partial charge is 0.160 e. The molecule has 2 aliphatic heterocycles. The number of anilines is 6. The first-order chi connectivity index (χ1) is 48.9. The van der Waals surface area contributed by atoms with Gasteiger partial charge in [-0.3, -0.25) is 0 Å². The Hall–Kier alpha value is -10.9. The quantitative estimate of drug-likeness (QED) is 0.0660. The van der Waals surface area contributed by atoms with Gasteiger partial charge >= 0.3 is 0 Å². The summed E-state index contributed by atoms with van der Waals surface area (Å²) in [4.78, 5) is 3.91. The van der Waals surface area contributed by atoms with Gasteiger partial charge in [0.15, 0.2) is 23.3 Å². The van der Waals surface area contributed by atoms with Gasteiger partial charge < -0.3 is 38.2 Å². The first-order valence-corrected chi connectivity index (χ1v) is 34.0. The lowest BCUT2D eigenvalue weighted by Gasteiger charge is -2.40. The molecule has 16 rings (SSSR count). The van der Waals surface area contributed by atoms with E-state index in [-0.39, 0.29) is 10.8 Å². The molecule has 2 aliphatic carbocycles. The SMILES string of the molecule is CCC1(COc2ccc(C3(c4ccc(OC)cc4)c4ccccc4-c4ccc(N(c5ccc(-c6ccc(N(c7ccc(F)c(F)c7)c7ccc8c(c7)C(c7ccc(OC)cc7)(c7ccc(OCC9(CC)COC9)cc7)c7ccccc7-8)cc6)cc5)c5ccc(F)c(F)c5)cc43)cc2)COC1. The number of nitrogens with zero attached hydrogens (tertiary/aromatic N) is 2. The third-order valence-corrected chi connectivity index (χ3v) is 21.3. The van der Waals surface area contributed by atoms with Gasteiger partial charge in [-0.25, -0.2) is 17.6 Å². The summed E-state index contributed by atoms with van der Waals surface area (Å²) >= 11 is 0. The van der Waals surface area contributed by atoms with Gasteiger partial charge in [0.2, 0.25) is 0 Å². The zero-order chi connectivity index (χ0) is 68.3. The Labute approximate surface area is 580 Å². The average Bonchev–Trinajstić information content (AvgIpc) is 1.54. The van der Waals surface area contributed by atoms with Gasteiger partial charge in [-0.1, -0.05) is 147 Å². The number of fused-ring (bicyclic) bond motifs is 6. The maximum Gasteiger partial charge on any atom is 0.160 e. The van der Waals surface area contributed by atoms with E-state index in [1.54, 1.807) is 26.4 Å². The molecular formula is C88H72F4N2O6. The highest BCUT2D eigenvalue weighted by molar-refractivity contribution is 5.92. The fraction of sp³-hybridized carbons (Fsp3) is 0.182. The summed E-state index contributed by atoms with van der Waals surface area (Å²) in [5.41, 5.74) is 16.2. The molecule has 2 saturated heterocycles. The highest BCUT2D eigenvalue weighted by Gasteiger charge is 2.49. The lowest BCUT2D eigenvalue weighted by atomic mass is 9.67. The number of halogens is 4. The van der Waals surface area contributed by atoms with E-state index in [2.05, 4.69) is 135 Å². The predicted octanol–water partition coefficient (Wildman–Crippen LogP) is 21.2. The van der Waals surface area contributed by atoms with E-state index in [1.807, 2.05) is 119 Å². The van der Waals surface area contributed by atoms with Crippen LogP contribution in [0.15, 0.2) is 267 Å². The van der Waals surface area contributed by atoms with Crippen molar-refractivity contribution in [3.63, 3.8) is 0 Å². The summed E-state index contributed by atoms with van der Waals surface area (Å²) in [7, 11) is 3.32. The third kappa shape index (κ3) is 10.7. The van der Waals surface area contributed by atoms with E-state index in [1.165, 1.54) is 12.1 Å². The van der Waals surface area contributed by atoms with Crippen LogP contribution in [-0.2, 0) is 20.3 Å². The molecule has 0 bridgehead atoms. The van der Waals surface area contributed by atoms with E-state index < -0.39 is 34.1 Å². The summed E-state index contributed by atoms with van der Waals surface area (Å²) in [6.07, 6.45) is 1.92. The predicted molar refractivity (Wildman–Crippen MR) is 387 cm³/mol. The molecular weight excluding hydrogens is 1260 g/mol. The number of benzene rings is 12. The second kappa shape index (κ2) is 25.7. The fourth-order valence-corrected chi connectivity index (χ4v) is 15.5. The lowest BCUT2D eigenvalue weighted by molar-refractivity contribution is -0.133. The molecule has 2 fully saturated rings. The molecule has 0 amide bonds. The monoisotopic (exact) mass is 1330 g/mol. The van der Waals surface area contributed by atoms with Crippen LogP contribution in [0.3, 0.4) is 0 Å². The second-order valence-corrected chi connectivity index (χ2v) is 26.8. The van der Waals surface area contributed by atoms with Crippen molar-refractivity contribution in [3.8, 4) is 56.4 Å². The highest BCUT2D eigenvalue weighted by atomic mass is 19.2. The number of ether oxygens (including phenoxy) is 6.